The van der Waals surface area contributed by atoms with Crippen LogP contribution in [0.1, 0.15) is 22.8 Å². The summed E-state index contributed by atoms with van der Waals surface area (Å²) in [5, 5.41) is 9.28. The number of hydrogen-bond donors (Lipinski definition) is 1. The van der Waals surface area contributed by atoms with E-state index < -0.39 is 11.9 Å². The van der Waals surface area contributed by atoms with Crippen molar-refractivity contribution in [2.24, 2.45) is 0 Å². The molecular formula is C15H19FN2O3. The van der Waals surface area contributed by atoms with E-state index in [1.807, 2.05) is 0 Å². The van der Waals surface area contributed by atoms with Crippen molar-refractivity contribution in [2.45, 2.75) is 20.0 Å². The minimum absolute atomic E-state index is 0.226. The van der Waals surface area contributed by atoms with E-state index in [-0.39, 0.29) is 11.8 Å². The van der Waals surface area contributed by atoms with Crippen LogP contribution in [0.2, 0.25) is 0 Å². The number of nitrogens with zero attached hydrogens (tertiary/aromatic N) is 2. The lowest BCUT2D eigenvalue weighted by molar-refractivity contribution is -0.140. The van der Waals surface area contributed by atoms with Gasteiger partial charge < -0.3 is 14.9 Å². The number of halogens is 1. The topological polar surface area (TPSA) is 60.9 Å². The van der Waals surface area contributed by atoms with E-state index in [2.05, 4.69) is 0 Å². The Morgan fingerprint density at radius 3 is 2.33 bits per heavy atom. The molecule has 1 aliphatic rings. The van der Waals surface area contributed by atoms with Crippen molar-refractivity contribution >= 4 is 11.8 Å². The highest BCUT2D eigenvalue weighted by Crippen LogP contribution is 2.15. The van der Waals surface area contributed by atoms with Crippen molar-refractivity contribution in [1.82, 2.24) is 9.80 Å². The fourth-order valence-corrected chi connectivity index (χ4v) is 2.39. The SMILES string of the molecule is Cc1ccc(F)cc1C(=O)N1CCN(C(=O)C(C)O)CC1. The molecule has 1 atom stereocenters. The molecule has 0 bridgehead atoms. The van der Waals surface area contributed by atoms with Crippen LogP contribution >= 0.6 is 0 Å². The van der Waals surface area contributed by atoms with Crippen LogP contribution < -0.4 is 0 Å². The fraction of sp³-hybridized carbons (Fsp3) is 0.467. The smallest absolute Gasteiger partial charge is 0.254 e. The number of carbonyl (C=O) groups is 2. The number of carbonyl (C=O) groups excluding carboxylic acids is 2. The standard InChI is InChI=1S/C15H19FN2O3/c1-10-3-4-12(16)9-13(10)15(21)18-7-5-17(6-8-18)14(20)11(2)19/h3-4,9,11,19H,5-8H2,1-2H3. The molecule has 6 heteroatoms. The van der Waals surface area contributed by atoms with E-state index in [0.29, 0.717) is 31.7 Å². The maximum absolute atomic E-state index is 13.3. The molecule has 0 aliphatic carbocycles. The molecule has 2 rings (SSSR count). The Bertz CT molecular complexity index is 552. The average Bonchev–Trinajstić information content (AvgIpc) is 2.48. The Kier molecular flexibility index (Phi) is 4.57. The Morgan fingerprint density at radius 2 is 1.76 bits per heavy atom. The maximum atomic E-state index is 13.3. The summed E-state index contributed by atoms with van der Waals surface area (Å²) in [6.07, 6.45) is -1.03. The first kappa shape index (κ1) is 15.4. The van der Waals surface area contributed by atoms with Gasteiger partial charge in [-0.05, 0) is 31.5 Å². The predicted octanol–water partition coefficient (Wildman–Crippen LogP) is 0.799. The quantitative estimate of drug-likeness (QED) is 0.877. The monoisotopic (exact) mass is 294 g/mol. The van der Waals surface area contributed by atoms with Gasteiger partial charge in [-0.2, -0.15) is 0 Å². The number of aliphatic hydroxyl groups is 1. The zero-order valence-corrected chi connectivity index (χ0v) is 12.2. The van der Waals surface area contributed by atoms with Gasteiger partial charge in [0.25, 0.3) is 11.8 Å². The molecule has 0 aromatic heterocycles. The number of benzene rings is 1. The molecule has 1 saturated heterocycles. The molecule has 0 radical (unpaired) electrons. The highest BCUT2D eigenvalue weighted by molar-refractivity contribution is 5.95. The molecule has 1 N–H and O–H groups in total. The maximum Gasteiger partial charge on any atom is 0.254 e. The Labute approximate surface area is 123 Å². The van der Waals surface area contributed by atoms with Crippen molar-refractivity contribution in [2.75, 3.05) is 26.2 Å². The van der Waals surface area contributed by atoms with Gasteiger partial charge in [-0.1, -0.05) is 6.07 Å². The molecule has 21 heavy (non-hydrogen) atoms. The van der Waals surface area contributed by atoms with E-state index in [9.17, 15) is 19.1 Å². The van der Waals surface area contributed by atoms with Gasteiger partial charge in [0.15, 0.2) is 0 Å². The van der Waals surface area contributed by atoms with Crippen molar-refractivity contribution < 1.29 is 19.1 Å². The molecule has 1 fully saturated rings. The summed E-state index contributed by atoms with van der Waals surface area (Å²) in [5.41, 5.74) is 1.08. The molecule has 1 aliphatic heterocycles. The molecule has 1 heterocycles. The Hall–Kier alpha value is -1.95. The first-order chi connectivity index (χ1) is 9.90. The molecule has 0 spiro atoms. The number of aliphatic hydroxyl groups excluding tert-OH is 1. The summed E-state index contributed by atoms with van der Waals surface area (Å²) < 4.78 is 13.3. The molecule has 1 unspecified atom stereocenters. The minimum Gasteiger partial charge on any atom is -0.384 e. The summed E-state index contributed by atoms with van der Waals surface area (Å²) >= 11 is 0. The Balaban J connectivity index is 2.03. The molecule has 5 nitrogen and oxygen atoms in total. The minimum atomic E-state index is -1.03. The van der Waals surface area contributed by atoms with Gasteiger partial charge in [0.2, 0.25) is 0 Å². The summed E-state index contributed by atoms with van der Waals surface area (Å²) in [6.45, 7) is 4.71. The molecule has 1 aromatic rings. The van der Waals surface area contributed by atoms with E-state index in [1.165, 1.54) is 24.0 Å². The second-order valence-electron chi connectivity index (χ2n) is 5.25. The van der Waals surface area contributed by atoms with E-state index >= 15 is 0 Å². The second-order valence-corrected chi connectivity index (χ2v) is 5.25. The lowest BCUT2D eigenvalue weighted by Gasteiger charge is -2.35. The van der Waals surface area contributed by atoms with Crippen LogP contribution in [0.15, 0.2) is 18.2 Å². The van der Waals surface area contributed by atoms with Gasteiger partial charge in [-0.3, -0.25) is 9.59 Å². The van der Waals surface area contributed by atoms with Crippen molar-refractivity contribution in [3.05, 3.63) is 35.1 Å². The molecular weight excluding hydrogens is 275 g/mol. The number of piperazine rings is 1. The van der Waals surface area contributed by atoms with Crippen LogP contribution in [-0.4, -0.2) is 59.0 Å². The number of amides is 2. The van der Waals surface area contributed by atoms with Crippen molar-refractivity contribution in [1.29, 1.82) is 0 Å². The molecule has 0 saturated carbocycles. The van der Waals surface area contributed by atoms with E-state index in [0.717, 1.165) is 5.56 Å². The molecule has 1 aromatic carbocycles. The second kappa shape index (κ2) is 6.22. The van der Waals surface area contributed by atoms with Crippen LogP contribution in [0.25, 0.3) is 0 Å². The molecule has 2 amide bonds. The van der Waals surface area contributed by atoms with E-state index in [4.69, 9.17) is 0 Å². The van der Waals surface area contributed by atoms with Crippen LogP contribution in [0.4, 0.5) is 4.39 Å². The first-order valence-corrected chi connectivity index (χ1v) is 6.92. The van der Waals surface area contributed by atoms with Crippen LogP contribution in [0.5, 0.6) is 0 Å². The third-order valence-electron chi connectivity index (χ3n) is 3.67. The zero-order valence-electron chi connectivity index (χ0n) is 12.2. The highest BCUT2D eigenvalue weighted by Gasteiger charge is 2.27. The van der Waals surface area contributed by atoms with Gasteiger partial charge in [0, 0.05) is 31.7 Å². The number of hydrogen-bond acceptors (Lipinski definition) is 3. The third-order valence-corrected chi connectivity index (χ3v) is 3.67. The summed E-state index contributed by atoms with van der Waals surface area (Å²) in [7, 11) is 0. The van der Waals surface area contributed by atoms with E-state index in [1.54, 1.807) is 17.9 Å². The zero-order chi connectivity index (χ0) is 15.6. The van der Waals surface area contributed by atoms with Gasteiger partial charge in [0.1, 0.15) is 11.9 Å². The summed E-state index contributed by atoms with van der Waals surface area (Å²) in [5.74, 6) is -0.993. The molecule has 114 valence electrons. The predicted molar refractivity (Wildman–Crippen MR) is 75.3 cm³/mol. The van der Waals surface area contributed by atoms with Gasteiger partial charge in [-0.25, -0.2) is 4.39 Å². The van der Waals surface area contributed by atoms with Crippen LogP contribution in [0.3, 0.4) is 0 Å². The summed E-state index contributed by atoms with van der Waals surface area (Å²) in [6, 6.07) is 4.14. The average molecular weight is 294 g/mol. The van der Waals surface area contributed by atoms with Crippen molar-refractivity contribution in [3.63, 3.8) is 0 Å². The largest absolute Gasteiger partial charge is 0.384 e. The number of rotatable bonds is 2. The van der Waals surface area contributed by atoms with Gasteiger partial charge in [0.05, 0.1) is 0 Å². The van der Waals surface area contributed by atoms with Gasteiger partial charge in [-0.15, -0.1) is 0 Å². The fourth-order valence-electron chi connectivity index (χ4n) is 2.39. The van der Waals surface area contributed by atoms with Crippen LogP contribution in [0, 0.1) is 12.7 Å². The lowest BCUT2D eigenvalue weighted by Crippen LogP contribution is -2.52. The highest BCUT2D eigenvalue weighted by atomic mass is 19.1. The summed E-state index contributed by atoms with van der Waals surface area (Å²) in [4.78, 5) is 27.2. The normalized spacial score (nSPS) is 16.8. The third kappa shape index (κ3) is 3.39. The Morgan fingerprint density at radius 1 is 1.19 bits per heavy atom. The van der Waals surface area contributed by atoms with Crippen LogP contribution in [-0.2, 0) is 4.79 Å². The van der Waals surface area contributed by atoms with Crippen molar-refractivity contribution in [3.8, 4) is 0 Å². The first-order valence-electron chi connectivity index (χ1n) is 6.92. The lowest BCUT2D eigenvalue weighted by atomic mass is 10.1. The van der Waals surface area contributed by atoms with Gasteiger partial charge >= 0.3 is 0 Å². The number of aryl methyl sites for hydroxylation is 1.